The number of fused-ring (bicyclic) bond motifs is 1. The number of nitrogens with one attached hydrogen (secondary N) is 3. The van der Waals surface area contributed by atoms with Crippen molar-refractivity contribution in [1.29, 1.82) is 0 Å². The van der Waals surface area contributed by atoms with Crippen LogP contribution in [-0.4, -0.2) is 24.1 Å². The molecule has 126 valence electrons. The zero-order valence-corrected chi connectivity index (χ0v) is 13.5. The molecule has 0 aliphatic heterocycles. The maximum Gasteiger partial charge on any atom is 0.323 e. The Morgan fingerprint density at radius 3 is 2.52 bits per heavy atom. The lowest BCUT2D eigenvalue weighted by molar-refractivity contribution is 0.0963. The third kappa shape index (κ3) is 3.69. The first kappa shape index (κ1) is 16.3. The molecule has 6 nitrogen and oxygen atoms in total. The molecule has 0 aliphatic carbocycles. The zero-order valence-electron chi connectivity index (χ0n) is 13.5. The van der Waals surface area contributed by atoms with E-state index in [1.807, 2.05) is 6.07 Å². The molecule has 4 N–H and O–H groups in total. The highest BCUT2D eigenvalue weighted by Gasteiger charge is 2.08. The Balaban J connectivity index is 1.78. The standard InChI is InChI=1S/C19H17N3O3/c1-20-18(24)13-5-2-6-14(10-13)21-19(25)22-17-7-3-4-12-11-15(23)8-9-16(12)17/h2-11,23H,1H3,(H,20,24)(H2,21,22,25). The molecule has 0 radical (unpaired) electrons. The average Bonchev–Trinajstić information content (AvgIpc) is 2.61. The van der Waals surface area contributed by atoms with E-state index >= 15 is 0 Å². The smallest absolute Gasteiger partial charge is 0.323 e. The lowest BCUT2D eigenvalue weighted by Crippen LogP contribution is -2.21. The number of amides is 3. The number of benzene rings is 3. The molecule has 25 heavy (non-hydrogen) atoms. The van der Waals surface area contributed by atoms with Gasteiger partial charge in [0.25, 0.3) is 5.91 Å². The Bertz CT molecular complexity index is 954. The number of hydrogen-bond donors (Lipinski definition) is 4. The first-order chi connectivity index (χ1) is 12.1. The summed E-state index contributed by atoms with van der Waals surface area (Å²) in [6, 6.07) is 16.6. The predicted octanol–water partition coefficient (Wildman–Crippen LogP) is 3.55. The molecular weight excluding hydrogens is 318 g/mol. The van der Waals surface area contributed by atoms with Crippen LogP contribution in [0.25, 0.3) is 10.8 Å². The van der Waals surface area contributed by atoms with Gasteiger partial charge in [-0.05, 0) is 47.9 Å². The van der Waals surface area contributed by atoms with Crippen molar-refractivity contribution in [2.24, 2.45) is 0 Å². The molecule has 0 heterocycles. The van der Waals surface area contributed by atoms with Crippen LogP contribution >= 0.6 is 0 Å². The highest BCUT2D eigenvalue weighted by molar-refractivity contribution is 6.06. The normalized spacial score (nSPS) is 10.3. The van der Waals surface area contributed by atoms with E-state index in [2.05, 4.69) is 16.0 Å². The molecule has 3 aromatic carbocycles. The minimum absolute atomic E-state index is 0.167. The van der Waals surface area contributed by atoms with Gasteiger partial charge in [0.15, 0.2) is 0 Å². The number of urea groups is 1. The average molecular weight is 335 g/mol. The summed E-state index contributed by atoms with van der Waals surface area (Å²) in [5.41, 5.74) is 1.59. The highest BCUT2D eigenvalue weighted by atomic mass is 16.3. The molecule has 0 saturated heterocycles. The molecule has 0 unspecified atom stereocenters. The molecule has 3 amide bonds. The summed E-state index contributed by atoms with van der Waals surface area (Å²) in [7, 11) is 1.55. The van der Waals surface area contributed by atoms with Gasteiger partial charge < -0.3 is 21.1 Å². The van der Waals surface area contributed by atoms with E-state index in [9.17, 15) is 14.7 Å². The summed E-state index contributed by atoms with van der Waals surface area (Å²) in [5.74, 6) is -0.0574. The molecular formula is C19H17N3O3. The van der Waals surface area contributed by atoms with E-state index in [-0.39, 0.29) is 11.7 Å². The molecule has 0 aromatic heterocycles. The van der Waals surface area contributed by atoms with E-state index in [0.717, 1.165) is 10.8 Å². The third-order valence-electron chi connectivity index (χ3n) is 3.72. The van der Waals surface area contributed by atoms with Crippen LogP contribution < -0.4 is 16.0 Å². The fourth-order valence-corrected chi connectivity index (χ4v) is 2.55. The van der Waals surface area contributed by atoms with Crippen molar-refractivity contribution >= 4 is 34.1 Å². The van der Waals surface area contributed by atoms with Gasteiger partial charge in [0, 0.05) is 23.7 Å². The molecule has 6 heteroatoms. The number of hydrogen-bond acceptors (Lipinski definition) is 3. The van der Waals surface area contributed by atoms with Gasteiger partial charge >= 0.3 is 6.03 Å². The van der Waals surface area contributed by atoms with Crippen molar-refractivity contribution < 1.29 is 14.7 Å². The van der Waals surface area contributed by atoms with Crippen LogP contribution in [0.3, 0.4) is 0 Å². The summed E-state index contributed by atoms with van der Waals surface area (Å²) in [6.07, 6.45) is 0. The van der Waals surface area contributed by atoms with E-state index < -0.39 is 6.03 Å². The van der Waals surface area contributed by atoms with Crippen LogP contribution in [-0.2, 0) is 0 Å². The second-order valence-corrected chi connectivity index (χ2v) is 5.45. The fourth-order valence-electron chi connectivity index (χ4n) is 2.55. The number of anilines is 2. The van der Waals surface area contributed by atoms with Gasteiger partial charge in [-0.1, -0.05) is 18.2 Å². The maximum absolute atomic E-state index is 12.3. The van der Waals surface area contributed by atoms with Crippen LogP contribution in [0.5, 0.6) is 5.75 Å². The topological polar surface area (TPSA) is 90.5 Å². The molecule has 0 spiro atoms. The molecule has 0 bridgehead atoms. The second kappa shape index (κ2) is 6.92. The summed E-state index contributed by atoms with van der Waals surface area (Å²) in [5, 5.41) is 19.2. The van der Waals surface area contributed by atoms with Crippen molar-refractivity contribution in [2.45, 2.75) is 0 Å². The Hall–Kier alpha value is -3.54. The van der Waals surface area contributed by atoms with Gasteiger partial charge in [-0.25, -0.2) is 4.79 Å². The Morgan fingerprint density at radius 2 is 1.72 bits per heavy atom. The van der Waals surface area contributed by atoms with Crippen LogP contribution in [0, 0.1) is 0 Å². The summed E-state index contributed by atoms with van der Waals surface area (Å²) in [4.78, 5) is 23.9. The Labute approximate surface area is 144 Å². The molecule has 0 fully saturated rings. The van der Waals surface area contributed by atoms with E-state index in [1.165, 1.54) is 0 Å². The van der Waals surface area contributed by atoms with Crippen molar-refractivity contribution in [2.75, 3.05) is 17.7 Å². The lowest BCUT2D eigenvalue weighted by atomic mass is 10.1. The predicted molar refractivity (Wildman–Crippen MR) is 98.1 cm³/mol. The second-order valence-electron chi connectivity index (χ2n) is 5.45. The fraction of sp³-hybridized carbons (Fsp3) is 0.0526. The first-order valence-electron chi connectivity index (χ1n) is 7.69. The minimum Gasteiger partial charge on any atom is -0.508 e. The van der Waals surface area contributed by atoms with Gasteiger partial charge in [-0.15, -0.1) is 0 Å². The lowest BCUT2D eigenvalue weighted by Gasteiger charge is -2.11. The number of aromatic hydroxyl groups is 1. The Kier molecular flexibility index (Phi) is 4.52. The summed E-state index contributed by atoms with van der Waals surface area (Å²) in [6.45, 7) is 0. The van der Waals surface area contributed by atoms with Gasteiger partial charge in [0.05, 0.1) is 5.69 Å². The van der Waals surface area contributed by atoms with E-state index in [4.69, 9.17) is 0 Å². The van der Waals surface area contributed by atoms with Crippen molar-refractivity contribution in [1.82, 2.24) is 5.32 Å². The largest absolute Gasteiger partial charge is 0.508 e. The number of carbonyl (C=O) groups is 2. The van der Waals surface area contributed by atoms with Crippen LogP contribution in [0.2, 0.25) is 0 Å². The maximum atomic E-state index is 12.3. The van der Waals surface area contributed by atoms with Crippen LogP contribution in [0.4, 0.5) is 16.2 Å². The monoisotopic (exact) mass is 335 g/mol. The van der Waals surface area contributed by atoms with Crippen molar-refractivity contribution in [3.63, 3.8) is 0 Å². The number of phenols is 1. The van der Waals surface area contributed by atoms with Crippen LogP contribution in [0.1, 0.15) is 10.4 Å². The quantitative estimate of drug-likeness (QED) is 0.590. The molecule has 0 aliphatic rings. The number of phenolic OH excluding ortho intramolecular Hbond substituents is 1. The number of rotatable bonds is 3. The summed E-state index contributed by atoms with van der Waals surface area (Å²) >= 11 is 0. The van der Waals surface area contributed by atoms with Crippen molar-refractivity contribution in [3.8, 4) is 5.75 Å². The SMILES string of the molecule is CNC(=O)c1cccc(NC(=O)Nc2cccc3cc(O)ccc23)c1. The Morgan fingerprint density at radius 1 is 0.920 bits per heavy atom. The van der Waals surface area contributed by atoms with Gasteiger partial charge in [0.2, 0.25) is 0 Å². The molecule has 0 saturated carbocycles. The van der Waals surface area contributed by atoms with E-state index in [1.54, 1.807) is 61.6 Å². The van der Waals surface area contributed by atoms with E-state index in [0.29, 0.717) is 16.9 Å². The first-order valence-corrected chi connectivity index (χ1v) is 7.69. The third-order valence-corrected chi connectivity index (χ3v) is 3.72. The van der Waals surface area contributed by atoms with Gasteiger partial charge in [0.1, 0.15) is 5.75 Å². The molecule has 3 aromatic rings. The summed E-state index contributed by atoms with van der Waals surface area (Å²) < 4.78 is 0. The molecule has 3 rings (SSSR count). The highest BCUT2D eigenvalue weighted by Crippen LogP contribution is 2.26. The van der Waals surface area contributed by atoms with Gasteiger partial charge in [-0.3, -0.25) is 4.79 Å². The van der Waals surface area contributed by atoms with Crippen molar-refractivity contribution in [3.05, 3.63) is 66.2 Å². The zero-order chi connectivity index (χ0) is 17.8. The minimum atomic E-state index is -0.422. The molecule has 0 atom stereocenters. The van der Waals surface area contributed by atoms with Crippen LogP contribution in [0.15, 0.2) is 60.7 Å². The van der Waals surface area contributed by atoms with Gasteiger partial charge in [-0.2, -0.15) is 0 Å². The number of carbonyl (C=O) groups excluding carboxylic acids is 2.